The van der Waals surface area contributed by atoms with Crippen LogP contribution >= 0.6 is 0 Å². The molecule has 0 bridgehead atoms. The summed E-state index contributed by atoms with van der Waals surface area (Å²) >= 11 is 0. The normalized spacial score (nSPS) is 14.9. The first kappa shape index (κ1) is 21.3. The monoisotopic (exact) mass is 388 g/mol. The Bertz CT molecular complexity index is 693. The van der Waals surface area contributed by atoms with Crippen LogP contribution in [-0.2, 0) is 0 Å². The van der Waals surface area contributed by atoms with Crippen molar-refractivity contribution in [1.29, 1.82) is 0 Å². The first-order chi connectivity index (χ1) is 12.3. The fraction of sp³-hybridized carbons (Fsp3) is 0.429. The average molecular weight is 388 g/mol. The molecule has 2 aromatic carbocycles. The minimum atomic E-state index is -4.78. The van der Waals surface area contributed by atoms with Crippen LogP contribution in [0.3, 0.4) is 0 Å². The highest BCUT2D eigenvalue weighted by atomic mass is 19.4. The van der Waals surface area contributed by atoms with E-state index in [1.54, 1.807) is 12.1 Å². The molecule has 0 aliphatic rings. The molecule has 2 atom stereocenters. The molecule has 0 spiro atoms. The van der Waals surface area contributed by atoms with Crippen LogP contribution in [0.1, 0.15) is 51.6 Å². The van der Waals surface area contributed by atoms with Gasteiger partial charge in [0.1, 0.15) is 0 Å². The highest BCUT2D eigenvalue weighted by Crippen LogP contribution is 2.49. The van der Waals surface area contributed by atoms with E-state index in [1.165, 1.54) is 52.0 Å². The number of alkyl halides is 6. The van der Waals surface area contributed by atoms with Crippen molar-refractivity contribution in [3.05, 3.63) is 69.8 Å². The molecular formula is C21H22F6. The average Bonchev–Trinajstić information content (AvgIpc) is 2.49. The molecule has 0 amide bonds. The molecule has 0 heterocycles. The third-order valence-corrected chi connectivity index (χ3v) is 5.04. The zero-order chi connectivity index (χ0) is 20.6. The van der Waals surface area contributed by atoms with E-state index < -0.39 is 30.6 Å². The number of aryl methyl sites for hydroxylation is 4. The van der Waals surface area contributed by atoms with Gasteiger partial charge in [0, 0.05) is 0 Å². The lowest BCUT2D eigenvalue weighted by molar-refractivity contribution is -0.178. The van der Waals surface area contributed by atoms with Gasteiger partial charge in [-0.1, -0.05) is 36.4 Å². The predicted molar refractivity (Wildman–Crippen MR) is 94.0 cm³/mol. The Labute approximate surface area is 155 Å². The topological polar surface area (TPSA) is 0 Å². The van der Waals surface area contributed by atoms with Gasteiger partial charge < -0.3 is 0 Å². The van der Waals surface area contributed by atoms with Crippen LogP contribution in [0.4, 0.5) is 26.3 Å². The Kier molecular flexibility index (Phi) is 5.97. The minimum Gasteiger partial charge on any atom is -0.170 e. The van der Waals surface area contributed by atoms with Crippen molar-refractivity contribution in [2.45, 2.75) is 58.3 Å². The number of benzene rings is 2. The fourth-order valence-corrected chi connectivity index (χ4v) is 3.82. The zero-order valence-electron chi connectivity index (χ0n) is 15.6. The first-order valence-corrected chi connectivity index (χ1v) is 8.59. The van der Waals surface area contributed by atoms with Crippen LogP contribution in [0.2, 0.25) is 0 Å². The lowest BCUT2D eigenvalue weighted by Gasteiger charge is -2.31. The van der Waals surface area contributed by atoms with Crippen molar-refractivity contribution < 1.29 is 26.3 Å². The molecule has 0 aliphatic heterocycles. The lowest BCUT2D eigenvalue weighted by atomic mass is 9.79. The van der Waals surface area contributed by atoms with Crippen LogP contribution < -0.4 is 0 Å². The second-order valence-electron chi connectivity index (χ2n) is 7.04. The summed E-state index contributed by atoms with van der Waals surface area (Å²) in [4.78, 5) is 0. The Hall–Kier alpha value is -1.98. The van der Waals surface area contributed by atoms with Gasteiger partial charge in [-0.05, 0) is 67.5 Å². The fourth-order valence-electron chi connectivity index (χ4n) is 3.82. The molecule has 2 rings (SSSR count). The SMILES string of the molecule is Cc1cccc(C)c1C(CC(c1c(C)cccc1C)C(F)(F)F)C(F)(F)F. The minimum absolute atomic E-state index is 0.0644. The Morgan fingerprint density at radius 1 is 0.593 bits per heavy atom. The maximum absolute atomic E-state index is 13.9. The maximum atomic E-state index is 13.9. The van der Waals surface area contributed by atoms with E-state index in [2.05, 4.69) is 0 Å². The number of hydrogen-bond donors (Lipinski definition) is 0. The van der Waals surface area contributed by atoms with E-state index in [0.29, 0.717) is 22.3 Å². The van der Waals surface area contributed by atoms with Crippen LogP contribution in [0.15, 0.2) is 36.4 Å². The quantitative estimate of drug-likeness (QED) is 0.482. The predicted octanol–water partition coefficient (Wildman–Crippen LogP) is 7.30. The van der Waals surface area contributed by atoms with Gasteiger partial charge in [0.05, 0.1) is 11.8 Å². The van der Waals surface area contributed by atoms with Crippen molar-refractivity contribution in [2.75, 3.05) is 0 Å². The van der Waals surface area contributed by atoms with E-state index in [4.69, 9.17) is 0 Å². The molecule has 2 aromatic rings. The van der Waals surface area contributed by atoms with Crippen LogP contribution in [0.25, 0.3) is 0 Å². The molecule has 27 heavy (non-hydrogen) atoms. The van der Waals surface area contributed by atoms with Gasteiger partial charge in [0.25, 0.3) is 0 Å². The van der Waals surface area contributed by atoms with E-state index in [1.807, 2.05) is 0 Å². The number of halogens is 6. The van der Waals surface area contributed by atoms with Crippen molar-refractivity contribution in [2.24, 2.45) is 0 Å². The summed E-state index contributed by atoms with van der Waals surface area (Å²) in [6.07, 6.45) is -10.6. The molecule has 0 aliphatic carbocycles. The molecule has 0 saturated heterocycles. The Morgan fingerprint density at radius 2 is 0.852 bits per heavy atom. The van der Waals surface area contributed by atoms with Crippen LogP contribution in [-0.4, -0.2) is 12.4 Å². The molecule has 148 valence electrons. The van der Waals surface area contributed by atoms with E-state index in [-0.39, 0.29) is 11.1 Å². The number of hydrogen-bond acceptors (Lipinski definition) is 0. The number of rotatable bonds is 4. The second kappa shape index (κ2) is 7.56. The summed E-state index contributed by atoms with van der Waals surface area (Å²) in [5, 5.41) is 0. The lowest BCUT2D eigenvalue weighted by Crippen LogP contribution is -2.30. The van der Waals surface area contributed by atoms with Gasteiger partial charge >= 0.3 is 12.4 Å². The molecule has 0 saturated carbocycles. The zero-order valence-corrected chi connectivity index (χ0v) is 15.6. The molecular weight excluding hydrogens is 366 g/mol. The third-order valence-electron chi connectivity index (χ3n) is 5.04. The second-order valence-corrected chi connectivity index (χ2v) is 7.04. The Balaban J connectivity index is 2.63. The van der Waals surface area contributed by atoms with Crippen LogP contribution in [0.5, 0.6) is 0 Å². The molecule has 0 nitrogen and oxygen atoms in total. The van der Waals surface area contributed by atoms with Gasteiger partial charge in [0.15, 0.2) is 0 Å². The van der Waals surface area contributed by atoms with Gasteiger partial charge in [-0.3, -0.25) is 0 Å². The van der Waals surface area contributed by atoms with E-state index >= 15 is 0 Å². The summed E-state index contributed by atoms with van der Waals surface area (Å²) in [5.74, 6) is -4.38. The van der Waals surface area contributed by atoms with Crippen molar-refractivity contribution in [1.82, 2.24) is 0 Å². The highest BCUT2D eigenvalue weighted by molar-refractivity contribution is 5.41. The smallest absolute Gasteiger partial charge is 0.170 e. The molecule has 2 unspecified atom stereocenters. The first-order valence-electron chi connectivity index (χ1n) is 8.59. The molecule has 6 heteroatoms. The molecule has 0 radical (unpaired) electrons. The van der Waals surface area contributed by atoms with Crippen LogP contribution in [0, 0.1) is 27.7 Å². The van der Waals surface area contributed by atoms with E-state index in [9.17, 15) is 26.3 Å². The molecule has 0 fully saturated rings. The van der Waals surface area contributed by atoms with Crippen molar-refractivity contribution >= 4 is 0 Å². The van der Waals surface area contributed by atoms with Crippen molar-refractivity contribution in [3.63, 3.8) is 0 Å². The van der Waals surface area contributed by atoms with E-state index in [0.717, 1.165) is 0 Å². The summed E-state index contributed by atoms with van der Waals surface area (Å²) < 4.78 is 83.2. The Morgan fingerprint density at radius 3 is 1.07 bits per heavy atom. The third kappa shape index (κ3) is 4.66. The molecule has 0 N–H and O–H groups in total. The van der Waals surface area contributed by atoms with Crippen molar-refractivity contribution in [3.8, 4) is 0 Å². The largest absolute Gasteiger partial charge is 0.395 e. The summed E-state index contributed by atoms with van der Waals surface area (Å²) in [7, 11) is 0. The molecule has 0 aromatic heterocycles. The summed E-state index contributed by atoms with van der Waals surface area (Å²) in [6, 6.07) is 9.22. The maximum Gasteiger partial charge on any atom is 0.395 e. The highest BCUT2D eigenvalue weighted by Gasteiger charge is 2.50. The van der Waals surface area contributed by atoms with Gasteiger partial charge in [-0.25, -0.2) is 0 Å². The van der Waals surface area contributed by atoms with Gasteiger partial charge in [-0.2, -0.15) is 26.3 Å². The summed E-state index contributed by atoms with van der Waals surface area (Å²) in [5.41, 5.74) is 1.26. The summed E-state index contributed by atoms with van der Waals surface area (Å²) in [6.45, 7) is 6.01. The van der Waals surface area contributed by atoms with Gasteiger partial charge in [0.2, 0.25) is 0 Å². The standard InChI is InChI=1S/C21H22F6/c1-12-7-5-8-13(2)18(12)16(20(22,23)24)11-17(21(25,26)27)19-14(3)9-6-10-15(19)4/h5-10,16-17H,11H2,1-4H3. The van der Waals surface area contributed by atoms with Gasteiger partial charge in [-0.15, -0.1) is 0 Å².